The van der Waals surface area contributed by atoms with E-state index in [1.165, 1.54) is 0 Å². The topological polar surface area (TPSA) is 44.8 Å². The van der Waals surface area contributed by atoms with Crippen molar-refractivity contribution in [2.24, 2.45) is 0 Å². The van der Waals surface area contributed by atoms with E-state index in [1.807, 2.05) is 11.9 Å². The molecule has 5 nitrogen and oxygen atoms in total. The Hall–Kier alpha value is -0.650. The van der Waals surface area contributed by atoms with E-state index < -0.39 is 0 Å². The molecule has 2 aliphatic heterocycles. The molecule has 104 valence electrons. The Labute approximate surface area is 109 Å². The van der Waals surface area contributed by atoms with Gasteiger partial charge in [0.2, 0.25) is 5.91 Å². The summed E-state index contributed by atoms with van der Waals surface area (Å²) in [6.45, 7) is 7.29. The van der Waals surface area contributed by atoms with Gasteiger partial charge in [-0.15, -0.1) is 0 Å². The molecule has 1 atom stereocenters. The molecule has 5 heteroatoms. The lowest BCUT2D eigenvalue weighted by Gasteiger charge is -2.42. The fourth-order valence-electron chi connectivity index (χ4n) is 2.97. The molecule has 18 heavy (non-hydrogen) atoms. The fourth-order valence-corrected chi connectivity index (χ4v) is 2.97. The lowest BCUT2D eigenvalue weighted by Crippen LogP contribution is -2.53. The lowest BCUT2D eigenvalue weighted by atomic mass is 10.0. The maximum Gasteiger partial charge on any atom is 0.219 e. The predicted octanol–water partition coefficient (Wildman–Crippen LogP) is -0.0825. The average Bonchev–Trinajstić information content (AvgIpc) is 2.39. The van der Waals surface area contributed by atoms with Crippen LogP contribution >= 0.6 is 0 Å². The highest BCUT2D eigenvalue weighted by Gasteiger charge is 2.29. The molecular formula is C13H25N3O2. The number of likely N-dealkylation sites (N-methyl/N-ethyl adjacent to an activating group) is 1. The largest absolute Gasteiger partial charge is 0.374 e. The van der Waals surface area contributed by atoms with Crippen LogP contribution in [-0.2, 0) is 9.53 Å². The van der Waals surface area contributed by atoms with Gasteiger partial charge in [0.25, 0.3) is 0 Å². The first kappa shape index (κ1) is 13.8. The maximum atomic E-state index is 11.3. The quantitative estimate of drug-likeness (QED) is 0.766. The smallest absolute Gasteiger partial charge is 0.219 e. The van der Waals surface area contributed by atoms with Gasteiger partial charge in [0.15, 0.2) is 0 Å². The molecule has 0 spiro atoms. The summed E-state index contributed by atoms with van der Waals surface area (Å²) >= 11 is 0. The van der Waals surface area contributed by atoms with E-state index in [1.54, 1.807) is 6.92 Å². The molecule has 2 fully saturated rings. The minimum Gasteiger partial charge on any atom is -0.374 e. The van der Waals surface area contributed by atoms with Gasteiger partial charge in [-0.05, 0) is 19.9 Å². The van der Waals surface area contributed by atoms with Crippen LogP contribution in [0.1, 0.15) is 19.8 Å². The van der Waals surface area contributed by atoms with Crippen LogP contribution in [0, 0.1) is 0 Å². The highest BCUT2D eigenvalue weighted by atomic mass is 16.5. The number of ether oxygens (including phenoxy) is 1. The number of piperidine rings is 1. The van der Waals surface area contributed by atoms with Crippen LogP contribution < -0.4 is 5.32 Å². The second-order valence-electron chi connectivity index (χ2n) is 5.28. The Morgan fingerprint density at radius 3 is 2.67 bits per heavy atom. The van der Waals surface area contributed by atoms with E-state index in [-0.39, 0.29) is 5.91 Å². The van der Waals surface area contributed by atoms with Crippen LogP contribution in [0.5, 0.6) is 0 Å². The van der Waals surface area contributed by atoms with Crippen LogP contribution in [0.4, 0.5) is 0 Å². The van der Waals surface area contributed by atoms with Crippen LogP contribution in [0.3, 0.4) is 0 Å². The van der Waals surface area contributed by atoms with Gasteiger partial charge in [-0.2, -0.15) is 0 Å². The third-order valence-corrected chi connectivity index (χ3v) is 4.03. The third-order valence-electron chi connectivity index (χ3n) is 4.03. The Bertz CT molecular complexity index is 275. The van der Waals surface area contributed by atoms with Gasteiger partial charge < -0.3 is 15.0 Å². The fraction of sp³-hybridized carbons (Fsp3) is 0.923. The van der Waals surface area contributed by atoms with Crippen molar-refractivity contribution in [1.29, 1.82) is 0 Å². The molecule has 2 saturated heterocycles. The molecule has 1 amide bonds. The molecule has 2 heterocycles. The number of likely N-dealkylation sites (tertiary alicyclic amines) is 1. The van der Waals surface area contributed by atoms with E-state index in [0.717, 1.165) is 52.2 Å². The molecular weight excluding hydrogens is 230 g/mol. The van der Waals surface area contributed by atoms with Crippen molar-refractivity contribution < 1.29 is 9.53 Å². The first-order valence-electron chi connectivity index (χ1n) is 6.96. The zero-order valence-corrected chi connectivity index (χ0v) is 11.5. The van der Waals surface area contributed by atoms with Gasteiger partial charge in [-0.1, -0.05) is 0 Å². The Morgan fingerprint density at radius 2 is 2.06 bits per heavy atom. The summed E-state index contributed by atoms with van der Waals surface area (Å²) in [5, 5.41) is 3.18. The second-order valence-corrected chi connectivity index (χ2v) is 5.28. The van der Waals surface area contributed by atoms with Crippen LogP contribution in [0.15, 0.2) is 0 Å². The number of carbonyl (C=O) groups excluding carboxylic acids is 1. The van der Waals surface area contributed by atoms with E-state index in [4.69, 9.17) is 4.74 Å². The molecule has 0 aromatic rings. The molecule has 0 bridgehead atoms. The highest BCUT2D eigenvalue weighted by Crippen LogP contribution is 2.19. The number of morpholine rings is 1. The summed E-state index contributed by atoms with van der Waals surface area (Å²) in [7, 11) is 1.97. The molecule has 0 aromatic carbocycles. The van der Waals surface area contributed by atoms with Crippen molar-refractivity contribution in [3.63, 3.8) is 0 Å². The standard InChI is InChI=1S/C13H25N3O2/c1-11(17)15-5-3-12(4-6-15)16-7-8-18-13(10-16)9-14-2/h12-14H,3-10H2,1-2H3. The number of hydrogen-bond acceptors (Lipinski definition) is 4. The van der Waals surface area contributed by atoms with Gasteiger partial charge in [-0.25, -0.2) is 0 Å². The molecule has 0 aromatic heterocycles. The molecule has 1 N–H and O–H groups in total. The van der Waals surface area contributed by atoms with E-state index in [9.17, 15) is 4.79 Å². The molecule has 2 rings (SSSR count). The van der Waals surface area contributed by atoms with E-state index in [2.05, 4.69) is 10.2 Å². The SMILES string of the molecule is CNCC1CN(C2CCN(C(C)=O)CC2)CCO1. The number of rotatable bonds is 3. The molecule has 2 aliphatic rings. The average molecular weight is 255 g/mol. The number of nitrogens with zero attached hydrogens (tertiary/aromatic N) is 2. The van der Waals surface area contributed by atoms with E-state index in [0.29, 0.717) is 12.1 Å². The van der Waals surface area contributed by atoms with E-state index >= 15 is 0 Å². The second kappa shape index (κ2) is 6.50. The molecule has 0 radical (unpaired) electrons. The Balaban J connectivity index is 1.80. The summed E-state index contributed by atoms with van der Waals surface area (Å²) in [4.78, 5) is 15.8. The number of carbonyl (C=O) groups is 1. The molecule has 1 unspecified atom stereocenters. The van der Waals surface area contributed by atoms with Crippen LogP contribution in [0.2, 0.25) is 0 Å². The van der Waals surface area contributed by atoms with Gasteiger partial charge in [-0.3, -0.25) is 9.69 Å². The summed E-state index contributed by atoms with van der Waals surface area (Å²) in [5.41, 5.74) is 0. The summed E-state index contributed by atoms with van der Waals surface area (Å²) in [6, 6.07) is 0.629. The van der Waals surface area contributed by atoms with Gasteiger partial charge >= 0.3 is 0 Å². The molecule has 0 aliphatic carbocycles. The number of nitrogens with one attached hydrogen (secondary N) is 1. The number of hydrogen-bond donors (Lipinski definition) is 1. The lowest BCUT2D eigenvalue weighted by molar-refractivity contribution is -0.131. The van der Waals surface area contributed by atoms with Crippen molar-refractivity contribution in [2.75, 3.05) is 46.4 Å². The maximum absolute atomic E-state index is 11.3. The minimum absolute atomic E-state index is 0.212. The first-order valence-corrected chi connectivity index (χ1v) is 6.96. The normalized spacial score (nSPS) is 27.4. The first-order chi connectivity index (χ1) is 8.70. The van der Waals surface area contributed by atoms with Crippen molar-refractivity contribution >= 4 is 5.91 Å². The summed E-state index contributed by atoms with van der Waals surface area (Å²) in [6.07, 6.45) is 2.52. The van der Waals surface area contributed by atoms with Crippen molar-refractivity contribution in [3.8, 4) is 0 Å². The van der Waals surface area contributed by atoms with Gasteiger partial charge in [0, 0.05) is 45.7 Å². The Kier molecular flexibility index (Phi) is 4.97. The molecule has 0 saturated carbocycles. The van der Waals surface area contributed by atoms with Crippen molar-refractivity contribution in [1.82, 2.24) is 15.1 Å². The zero-order valence-electron chi connectivity index (χ0n) is 11.5. The Morgan fingerprint density at radius 1 is 1.33 bits per heavy atom. The van der Waals surface area contributed by atoms with Crippen LogP contribution in [-0.4, -0.2) is 74.2 Å². The van der Waals surface area contributed by atoms with Crippen molar-refractivity contribution in [2.45, 2.75) is 31.9 Å². The van der Waals surface area contributed by atoms with Gasteiger partial charge in [0.05, 0.1) is 12.7 Å². The zero-order chi connectivity index (χ0) is 13.0. The monoisotopic (exact) mass is 255 g/mol. The summed E-state index contributed by atoms with van der Waals surface area (Å²) in [5.74, 6) is 0.212. The minimum atomic E-state index is 0.212. The third kappa shape index (κ3) is 3.43. The highest BCUT2D eigenvalue weighted by molar-refractivity contribution is 5.73. The predicted molar refractivity (Wildman–Crippen MR) is 70.5 cm³/mol. The summed E-state index contributed by atoms with van der Waals surface area (Å²) < 4.78 is 5.73. The van der Waals surface area contributed by atoms with Crippen molar-refractivity contribution in [3.05, 3.63) is 0 Å². The number of amides is 1. The van der Waals surface area contributed by atoms with Gasteiger partial charge in [0.1, 0.15) is 0 Å². The van der Waals surface area contributed by atoms with Crippen LogP contribution in [0.25, 0.3) is 0 Å².